The van der Waals surface area contributed by atoms with Gasteiger partial charge in [0.15, 0.2) is 5.16 Å². The Bertz CT molecular complexity index is 1300. The number of fused-ring (bicyclic) bond motifs is 3. The number of nitrogens with one attached hydrogen (secondary N) is 2. The third-order valence-electron chi connectivity index (χ3n) is 6.02. The largest absolute Gasteiger partial charge is 0.373 e. The molecule has 2 aliphatic heterocycles. The molecule has 8 nitrogen and oxygen atoms in total. The molecule has 6 rings (SSSR count). The standard InChI is InChI=1S/C22H22ClN7OS/c1-2-13-19(23)18-20(27-13)28-22(32-12-8-15-14(26-9-12)4-3-5-24-15)29-21(18)30-10-16-17(11-30)31-7-6-25-16/h3-5,8-9,16-17,25H,2,6-7,10-11H2,1H3,(H,27,28,29)/t16-,17-/m1/s1. The summed E-state index contributed by atoms with van der Waals surface area (Å²) in [7, 11) is 0. The van der Waals surface area contributed by atoms with Gasteiger partial charge in [0, 0.05) is 42.6 Å². The number of ether oxygens (including phenoxy) is 1. The van der Waals surface area contributed by atoms with Crippen LogP contribution in [0.3, 0.4) is 0 Å². The minimum atomic E-state index is 0.156. The molecule has 0 spiro atoms. The molecule has 2 fully saturated rings. The lowest BCUT2D eigenvalue weighted by Gasteiger charge is -2.25. The molecule has 2 saturated heterocycles. The van der Waals surface area contributed by atoms with Crippen LogP contribution in [-0.2, 0) is 11.2 Å². The van der Waals surface area contributed by atoms with E-state index in [0.29, 0.717) is 16.2 Å². The lowest BCUT2D eigenvalue weighted by atomic mass is 10.2. The molecule has 10 heteroatoms. The van der Waals surface area contributed by atoms with Crippen LogP contribution in [0.1, 0.15) is 12.6 Å². The van der Waals surface area contributed by atoms with E-state index in [4.69, 9.17) is 26.3 Å². The van der Waals surface area contributed by atoms with E-state index in [0.717, 1.165) is 71.1 Å². The van der Waals surface area contributed by atoms with E-state index >= 15 is 0 Å². The maximum atomic E-state index is 6.76. The number of rotatable bonds is 4. The Morgan fingerprint density at radius 3 is 3.06 bits per heavy atom. The van der Waals surface area contributed by atoms with E-state index in [-0.39, 0.29) is 6.10 Å². The number of hydrogen-bond donors (Lipinski definition) is 2. The summed E-state index contributed by atoms with van der Waals surface area (Å²) in [6.45, 7) is 5.30. The van der Waals surface area contributed by atoms with Gasteiger partial charge in [-0.3, -0.25) is 9.97 Å². The number of nitrogens with zero attached hydrogens (tertiary/aromatic N) is 5. The van der Waals surface area contributed by atoms with Crippen LogP contribution in [0.25, 0.3) is 22.1 Å². The summed E-state index contributed by atoms with van der Waals surface area (Å²) in [4.78, 5) is 25.3. The van der Waals surface area contributed by atoms with Crippen molar-refractivity contribution in [1.29, 1.82) is 0 Å². The fourth-order valence-corrected chi connectivity index (χ4v) is 5.56. The van der Waals surface area contributed by atoms with Crippen molar-refractivity contribution in [2.45, 2.75) is 35.5 Å². The number of H-pyrrole nitrogens is 1. The van der Waals surface area contributed by atoms with E-state index in [1.165, 1.54) is 11.8 Å². The van der Waals surface area contributed by atoms with Gasteiger partial charge in [-0.2, -0.15) is 0 Å². The van der Waals surface area contributed by atoms with Crippen molar-refractivity contribution < 1.29 is 4.74 Å². The van der Waals surface area contributed by atoms with E-state index < -0.39 is 0 Å². The summed E-state index contributed by atoms with van der Waals surface area (Å²) in [5, 5.41) is 5.79. The quantitative estimate of drug-likeness (QED) is 0.441. The second-order valence-corrected chi connectivity index (χ2v) is 9.43. The van der Waals surface area contributed by atoms with Crippen LogP contribution in [0.2, 0.25) is 5.02 Å². The van der Waals surface area contributed by atoms with Gasteiger partial charge in [-0.05, 0) is 36.4 Å². The average molecular weight is 468 g/mol. The van der Waals surface area contributed by atoms with Gasteiger partial charge in [0.05, 0.1) is 40.2 Å². The Kier molecular flexibility index (Phi) is 5.14. The monoisotopic (exact) mass is 467 g/mol. The number of aromatic nitrogens is 5. The molecule has 4 aromatic rings. The predicted octanol–water partition coefficient (Wildman–Crippen LogP) is 3.45. The van der Waals surface area contributed by atoms with Crippen molar-refractivity contribution in [3.05, 3.63) is 41.3 Å². The molecule has 0 amide bonds. The second kappa shape index (κ2) is 8.15. The van der Waals surface area contributed by atoms with Crippen molar-refractivity contribution in [3.63, 3.8) is 0 Å². The number of anilines is 1. The zero-order valence-electron chi connectivity index (χ0n) is 17.5. The summed E-state index contributed by atoms with van der Waals surface area (Å²) in [6, 6.07) is 6.15. The molecule has 164 valence electrons. The van der Waals surface area contributed by atoms with Crippen molar-refractivity contribution in [3.8, 4) is 0 Å². The van der Waals surface area contributed by atoms with E-state index in [2.05, 4.69) is 32.1 Å². The summed E-state index contributed by atoms with van der Waals surface area (Å²) in [5.41, 5.74) is 3.45. The SMILES string of the molecule is CCc1[nH]c2nc(Sc3cnc4cccnc4c3)nc(N3C[C@H]4NCCO[C@@H]4C3)c2c1Cl. The number of morpholine rings is 1. The van der Waals surface area contributed by atoms with Crippen LogP contribution in [0, 0.1) is 0 Å². The van der Waals surface area contributed by atoms with Gasteiger partial charge in [-0.15, -0.1) is 0 Å². The van der Waals surface area contributed by atoms with E-state index in [1.54, 1.807) is 6.20 Å². The molecule has 4 aromatic heterocycles. The minimum absolute atomic E-state index is 0.156. The fraction of sp³-hybridized carbons (Fsp3) is 0.364. The van der Waals surface area contributed by atoms with Gasteiger partial charge < -0.3 is 19.9 Å². The first-order chi connectivity index (χ1) is 15.7. The normalized spacial score (nSPS) is 20.9. The summed E-state index contributed by atoms with van der Waals surface area (Å²) in [5.74, 6) is 0.852. The summed E-state index contributed by atoms with van der Waals surface area (Å²) < 4.78 is 5.98. The number of hydrogen-bond acceptors (Lipinski definition) is 8. The summed E-state index contributed by atoms with van der Waals surface area (Å²) >= 11 is 8.24. The maximum absolute atomic E-state index is 6.76. The smallest absolute Gasteiger partial charge is 0.196 e. The number of pyridine rings is 2. The molecule has 2 aliphatic rings. The maximum Gasteiger partial charge on any atom is 0.196 e. The lowest BCUT2D eigenvalue weighted by Crippen LogP contribution is -2.47. The van der Waals surface area contributed by atoms with Crippen molar-refractivity contribution >= 4 is 51.2 Å². The number of aromatic amines is 1. The van der Waals surface area contributed by atoms with Crippen LogP contribution in [-0.4, -0.2) is 63.3 Å². The Morgan fingerprint density at radius 2 is 2.19 bits per heavy atom. The molecular weight excluding hydrogens is 446 g/mol. The molecule has 2 N–H and O–H groups in total. The third kappa shape index (κ3) is 3.49. The van der Waals surface area contributed by atoms with Gasteiger partial charge in [0.2, 0.25) is 0 Å². The minimum Gasteiger partial charge on any atom is -0.373 e. The summed E-state index contributed by atoms with van der Waals surface area (Å²) in [6.07, 6.45) is 4.56. The highest BCUT2D eigenvalue weighted by atomic mass is 35.5. The zero-order valence-corrected chi connectivity index (χ0v) is 19.1. The predicted molar refractivity (Wildman–Crippen MR) is 126 cm³/mol. The number of aryl methyl sites for hydroxylation is 1. The molecule has 0 bridgehead atoms. The third-order valence-corrected chi connectivity index (χ3v) is 7.26. The Labute approximate surface area is 194 Å². The van der Waals surface area contributed by atoms with Crippen molar-refractivity contribution in [2.75, 3.05) is 31.1 Å². The molecule has 2 atom stereocenters. The first kappa shape index (κ1) is 20.2. The van der Waals surface area contributed by atoms with Crippen LogP contribution in [0.4, 0.5) is 5.82 Å². The molecular formula is C22H22ClN7OS. The Balaban J connectivity index is 1.41. The highest BCUT2D eigenvalue weighted by Gasteiger charge is 2.37. The van der Waals surface area contributed by atoms with Crippen molar-refractivity contribution in [1.82, 2.24) is 30.2 Å². The van der Waals surface area contributed by atoms with Crippen LogP contribution < -0.4 is 10.2 Å². The van der Waals surface area contributed by atoms with Gasteiger partial charge in [-0.1, -0.05) is 18.5 Å². The van der Waals surface area contributed by atoms with Gasteiger partial charge in [-0.25, -0.2) is 9.97 Å². The average Bonchev–Trinajstić information content (AvgIpc) is 3.39. The molecule has 0 saturated carbocycles. The fourth-order valence-electron chi connectivity index (χ4n) is 4.45. The van der Waals surface area contributed by atoms with Crippen molar-refractivity contribution in [2.24, 2.45) is 0 Å². The first-order valence-corrected chi connectivity index (χ1v) is 12.0. The van der Waals surface area contributed by atoms with Crippen LogP contribution in [0.15, 0.2) is 40.6 Å². The van der Waals surface area contributed by atoms with Crippen LogP contribution in [0.5, 0.6) is 0 Å². The Morgan fingerprint density at radius 1 is 1.25 bits per heavy atom. The molecule has 0 aromatic carbocycles. The van der Waals surface area contributed by atoms with Crippen LogP contribution >= 0.6 is 23.4 Å². The molecule has 0 unspecified atom stereocenters. The van der Waals surface area contributed by atoms with E-state index in [9.17, 15) is 0 Å². The van der Waals surface area contributed by atoms with Gasteiger partial charge in [0.25, 0.3) is 0 Å². The molecule has 32 heavy (non-hydrogen) atoms. The first-order valence-electron chi connectivity index (χ1n) is 10.8. The van der Waals surface area contributed by atoms with Gasteiger partial charge >= 0.3 is 0 Å². The highest BCUT2D eigenvalue weighted by Crippen LogP contribution is 2.38. The number of halogens is 1. The molecule has 0 aliphatic carbocycles. The second-order valence-electron chi connectivity index (χ2n) is 8.01. The molecule has 0 radical (unpaired) electrons. The topological polar surface area (TPSA) is 91.8 Å². The van der Waals surface area contributed by atoms with E-state index in [1.807, 2.05) is 24.4 Å². The lowest BCUT2D eigenvalue weighted by molar-refractivity contribution is 0.0212. The van der Waals surface area contributed by atoms with Gasteiger partial charge in [0.1, 0.15) is 11.5 Å². The zero-order chi connectivity index (χ0) is 21.7. The highest BCUT2D eigenvalue weighted by molar-refractivity contribution is 7.99. The molecule has 6 heterocycles. The Hall–Kier alpha value is -2.46.